The second-order valence-corrected chi connectivity index (χ2v) is 3.82. The Labute approximate surface area is 93.3 Å². The molecule has 3 aromatic rings. The Morgan fingerprint density at radius 1 is 0.875 bits per heavy atom. The van der Waals surface area contributed by atoms with Crippen LogP contribution in [0.2, 0.25) is 0 Å². The van der Waals surface area contributed by atoms with E-state index in [0.717, 1.165) is 17.1 Å². The summed E-state index contributed by atoms with van der Waals surface area (Å²) >= 11 is 0. The molecule has 0 N–H and O–H groups in total. The van der Waals surface area contributed by atoms with E-state index in [-0.39, 0.29) is 0 Å². The van der Waals surface area contributed by atoms with Crippen LogP contribution >= 0.6 is 0 Å². The number of aldehydes is 1. The average Bonchev–Trinajstić information content (AvgIpc) is 2.35. The first-order valence-corrected chi connectivity index (χ1v) is 5.17. The van der Waals surface area contributed by atoms with Crippen LogP contribution in [-0.4, -0.2) is 6.29 Å². The van der Waals surface area contributed by atoms with Crippen molar-refractivity contribution in [2.75, 3.05) is 0 Å². The van der Waals surface area contributed by atoms with Crippen molar-refractivity contribution in [3.63, 3.8) is 0 Å². The highest BCUT2D eigenvalue weighted by Crippen LogP contribution is 2.22. The highest BCUT2D eigenvalue weighted by atomic mass is 16.1. The number of carbonyl (C=O) groups excluding carboxylic acids is 1. The maximum atomic E-state index is 10.7. The van der Waals surface area contributed by atoms with Crippen LogP contribution in [0.4, 0.5) is 0 Å². The van der Waals surface area contributed by atoms with Crippen molar-refractivity contribution >= 4 is 27.8 Å². The fraction of sp³-hybridized carbons (Fsp3) is 0. The van der Waals surface area contributed by atoms with Crippen LogP contribution in [-0.2, 0) is 0 Å². The van der Waals surface area contributed by atoms with Crippen LogP contribution in [0.25, 0.3) is 21.5 Å². The molecule has 3 aromatic carbocycles. The normalized spacial score (nSPS) is 10.8. The Morgan fingerprint density at radius 3 is 2.38 bits per heavy atom. The summed E-state index contributed by atoms with van der Waals surface area (Å²) in [5, 5.41) is 4.49. The van der Waals surface area contributed by atoms with Gasteiger partial charge in [0.1, 0.15) is 0 Å². The second kappa shape index (κ2) is 3.46. The molecule has 0 atom stereocenters. The summed E-state index contributed by atoms with van der Waals surface area (Å²) < 4.78 is 0. The van der Waals surface area contributed by atoms with E-state index < -0.39 is 0 Å². The van der Waals surface area contributed by atoms with Gasteiger partial charge in [-0.1, -0.05) is 36.4 Å². The van der Waals surface area contributed by atoms with Gasteiger partial charge in [-0.3, -0.25) is 4.79 Å². The van der Waals surface area contributed by atoms with Crippen LogP contribution in [0.5, 0.6) is 0 Å². The van der Waals surface area contributed by atoms with E-state index in [1.54, 1.807) is 6.07 Å². The van der Waals surface area contributed by atoms with Gasteiger partial charge >= 0.3 is 0 Å². The molecule has 0 saturated heterocycles. The zero-order valence-corrected chi connectivity index (χ0v) is 8.60. The fourth-order valence-corrected chi connectivity index (χ4v) is 1.95. The summed E-state index contributed by atoms with van der Waals surface area (Å²) in [5.74, 6) is 0. The third-order valence-corrected chi connectivity index (χ3v) is 2.77. The molecule has 0 bridgehead atoms. The molecule has 0 unspecified atom stereocenters. The van der Waals surface area contributed by atoms with Gasteiger partial charge in [0.05, 0.1) is 0 Å². The Kier molecular flexibility index (Phi) is 1.97. The molecule has 3 rings (SSSR count). The molecule has 16 heavy (non-hydrogen) atoms. The lowest BCUT2D eigenvalue weighted by Crippen LogP contribution is -1.81. The third-order valence-electron chi connectivity index (χ3n) is 2.77. The van der Waals surface area contributed by atoms with Crippen LogP contribution in [0.3, 0.4) is 0 Å². The molecule has 75 valence electrons. The molecule has 0 aromatic heterocycles. The molecular formula is C15H9O. The maximum Gasteiger partial charge on any atom is 0.150 e. The number of hydrogen-bond donors (Lipinski definition) is 0. The van der Waals surface area contributed by atoms with Crippen LogP contribution < -0.4 is 0 Å². The van der Waals surface area contributed by atoms with Crippen LogP contribution in [0, 0.1) is 6.07 Å². The van der Waals surface area contributed by atoms with Crippen molar-refractivity contribution in [1.29, 1.82) is 0 Å². The zero-order chi connectivity index (χ0) is 11.0. The summed E-state index contributed by atoms with van der Waals surface area (Å²) in [4.78, 5) is 10.7. The van der Waals surface area contributed by atoms with Gasteiger partial charge < -0.3 is 0 Å². The molecule has 0 aliphatic rings. The molecule has 1 nitrogen and oxygen atoms in total. The predicted molar refractivity (Wildman–Crippen MR) is 65.7 cm³/mol. The minimum absolute atomic E-state index is 0.600. The highest BCUT2D eigenvalue weighted by molar-refractivity contribution is 5.99. The third kappa shape index (κ3) is 1.38. The molecule has 0 saturated carbocycles. The summed E-state index contributed by atoms with van der Waals surface area (Å²) in [6.45, 7) is 0. The summed E-state index contributed by atoms with van der Waals surface area (Å²) in [7, 11) is 0. The van der Waals surface area contributed by atoms with E-state index in [1.807, 2.05) is 18.2 Å². The molecule has 0 aliphatic heterocycles. The molecule has 0 spiro atoms. The van der Waals surface area contributed by atoms with Gasteiger partial charge in [-0.15, -0.1) is 0 Å². The monoisotopic (exact) mass is 205 g/mol. The zero-order valence-electron chi connectivity index (χ0n) is 8.60. The topological polar surface area (TPSA) is 17.1 Å². The van der Waals surface area contributed by atoms with E-state index in [4.69, 9.17) is 0 Å². The molecular weight excluding hydrogens is 196 g/mol. The molecule has 0 amide bonds. The Hall–Kier alpha value is -2.15. The van der Waals surface area contributed by atoms with E-state index in [0.29, 0.717) is 5.56 Å². The van der Waals surface area contributed by atoms with Crippen molar-refractivity contribution in [2.45, 2.75) is 0 Å². The number of fused-ring (bicyclic) bond motifs is 2. The number of carbonyl (C=O) groups is 1. The smallest absolute Gasteiger partial charge is 0.150 e. The lowest BCUT2D eigenvalue weighted by Gasteiger charge is -2.02. The Bertz CT molecular complexity index is 683. The van der Waals surface area contributed by atoms with Gasteiger partial charge in [0.15, 0.2) is 6.29 Å². The standard InChI is InChI=1S/C15H9O/c16-10-11-5-6-14-8-12-3-1-2-4-13(12)9-15(14)7-11/h1-6,8-10H. The fourth-order valence-electron chi connectivity index (χ4n) is 1.95. The van der Waals surface area contributed by atoms with Gasteiger partial charge in [0.25, 0.3) is 0 Å². The highest BCUT2D eigenvalue weighted by Gasteiger charge is 1.99. The van der Waals surface area contributed by atoms with E-state index in [2.05, 4.69) is 30.3 Å². The Balaban J connectivity index is 2.41. The van der Waals surface area contributed by atoms with Gasteiger partial charge in [-0.2, -0.15) is 0 Å². The SMILES string of the molecule is O=Cc1[c]c2cc3ccccc3cc2cc1. The lowest BCUT2D eigenvalue weighted by atomic mass is 10.0. The van der Waals surface area contributed by atoms with Gasteiger partial charge in [-0.05, 0) is 33.7 Å². The van der Waals surface area contributed by atoms with Gasteiger partial charge in [-0.25, -0.2) is 0 Å². The second-order valence-electron chi connectivity index (χ2n) is 3.82. The average molecular weight is 205 g/mol. The molecule has 0 fully saturated rings. The van der Waals surface area contributed by atoms with Crippen molar-refractivity contribution in [3.05, 3.63) is 60.2 Å². The van der Waals surface area contributed by atoms with Gasteiger partial charge in [0, 0.05) is 11.6 Å². The van der Waals surface area contributed by atoms with E-state index in [1.165, 1.54) is 10.8 Å². The first kappa shape index (κ1) is 9.10. The van der Waals surface area contributed by atoms with Crippen LogP contribution in [0.1, 0.15) is 10.4 Å². The minimum atomic E-state index is 0.600. The molecule has 0 heterocycles. The summed E-state index contributed by atoms with van der Waals surface area (Å²) in [6.07, 6.45) is 0.828. The maximum absolute atomic E-state index is 10.7. The Morgan fingerprint density at radius 2 is 1.62 bits per heavy atom. The molecule has 0 aliphatic carbocycles. The van der Waals surface area contributed by atoms with E-state index in [9.17, 15) is 4.79 Å². The lowest BCUT2D eigenvalue weighted by molar-refractivity contribution is 0.112. The van der Waals surface area contributed by atoms with Crippen molar-refractivity contribution < 1.29 is 4.79 Å². The molecule has 1 radical (unpaired) electrons. The van der Waals surface area contributed by atoms with Crippen molar-refractivity contribution in [2.24, 2.45) is 0 Å². The van der Waals surface area contributed by atoms with Crippen LogP contribution in [0.15, 0.2) is 48.5 Å². The van der Waals surface area contributed by atoms with E-state index >= 15 is 0 Å². The van der Waals surface area contributed by atoms with Crippen molar-refractivity contribution in [3.8, 4) is 0 Å². The van der Waals surface area contributed by atoms with Crippen molar-refractivity contribution in [1.82, 2.24) is 0 Å². The predicted octanol–water partition coefficient (Wildman–Crippen LogP) is 3.61. The first-order valence-electron chi connectivity index (χ1n) is 5.17. The van der Waals surface area contributed by atoms with Gasteiger partial charge in [0.2, 0.25) is 0 Å². The number of hydrogen-bond acceptors (Lipinski definition) is 1. The first-order chi connectivity index (χ1) is 7.86. The summed E-state index contributed by atoms with van der Waals surface area (Å²) in [5.41, 5.74) is 0.600. The summed E-state index contributed by atoms with van der Waals surface area (Å²) in [6, 6.07) is 19.2. The number of rotatable bonds is 1. The quantitative estimate of drug-likeness (QED) is 0.438. The molecule has 1 heteroatoms. The number of benzene rings is 3. The minimum Gasteiger partial charge on any atom is -0.298 e. The largest absolute Gasteiger partial charge is 0.298 e.